The number of carbonyl (C=O) groups excluding carboxylic acids is 2. The first-order valence-corrected chi connectivity index (χ1v) is 10.3. The second-order valence-corrected chi connectivity index (χ2v) is 9.63. The van der Waals surface area contributed by atoms with Crippen LogP contribution in [0, 0.1) is 17.3 Å². The Hall–Kier alpha value is -1.40. The van der Waals surface area contributed by atoms with Crippen molar-refractivity contribution in [3.63, 3.8) is 0 Å². The van der Waals surface area contributed by atoms with Gasteiger partial charge in [-0.15, -0.1) is 0 Å². The summed E-state index contributed by atoms with van der Waals surface area (Å²) in [6.45, 7) is 12.9. The van der Waals surface area contributed by atoms with Crippen LogP contribution in [0.15, 0.2) is 11.6 Å². The number of carbonyl (C=O) groups is 2. The molecule has 7 atom stereocenters. The Bertz CT molecular complexity index is 699. The standard InChI is InChI=1S/C22H34O6/c1-8-13(4)19(24)27-15-11-21(7)18(28-21)17(26-14(5)23)20(6)9-10-22(25,12(2)3)16(15)20/h8,12,15-18,25H,9-11H2,1-7H3/b13-8-/t15-,16+,17+,18-,20?,21+,22+/m0/s1. The molecular formula is C22H34O6. The highest BCUT2D eigenvalue weighted by molar-refractivity contribution is 5.87. The molecule has 3 fully saturated rings. The van der Waals surface area contributed by atoms with Crippen LogP contribution in [0.3, 0.4) is 0 Å². The summed E-state index contributed by atoms with van der Waals surface area (Å²) in [6.07, 6.45) is 2.22. The minimum Gasteiger partial charge on any atom is -0.459 e. The van der Waals surface area contributed by atoms with Gasteiger partial charge in [0.2, 0.25) is 0 Å². The van der Waals surface area contributed by atoms with Crippen molar-refractivity contribution in [1.82, 2.24) is 0 Å². The van der Waals surface area contributed by atoms with E-state index in [0.717, 1.165) is 0 Å². The molecule has 0 aromatic heterocycles. The van der Waals surface area contributed by atoms with Gasteiger partial charge in [-0.3, -0.25) is 4.79 Å². The Morgan fingerprint density at radius 2 is 1.82 bits per heavy atom. The normalized spacial score (nSPS) is 45.1. The fourth-order valence-corrected chi connectivity index (χ4v) is 5.56. The summed E-state index contributed by atoms with van der Waals surface area (Å²) in [5.74, 6) is -1.10. The fourth-order valence-electron chi connectivity index (χ4n) is 5.56. The van der Waals surface area contributed by atoms with Gasteiger partial charge in [-0.2, -0.15) is 0 Å². The van der Waals surface area contributed by atoms with Gasteiger partial charge in [-0.1, -0.05) is 26.8 Å². The van der Waals surface area contributed by atoms with Crippen molar-refractivity contribution in [3.05, 3.63) is 11.6 Å². The van der Waals surface area contributed by atoms with Crippen LogP contribution in [0.5, 0.6) is 0 Å². The lowest BCUT2D eigenvalue weighted by Gasteiger charge is -2.45. The molecule has 0 aromatic rings. The quantitative estimate of drug-likeness (QED) is 0.448. The highest BCUT2D eigenvalue weighted by atomic mass is 16.6. The third kappa shape index (κ3) is 3.18. The SMILES string of the molecule is C/C=C(/C)C(=O)O[C@H]1C[C@@]2(C)O[C@H]2[C@@H](OC(C)=O)C2(C)CC[C@@](O)(C(C)C)[C@H]12. The summed E-state index contributed by atoms with van der Waals surface area (Å²) >= 11 is 0. The molecule has 2 aliphatic carbocycles. The number of allylic oxidation sites excluding steroid dienone is 1. The van der Waals surface area contributed by atoms with Gasteiger partial charge < -0.3 is 19.3 Å². The number of hydrogen-bond acceptors (Lipinski definition) is 6. The van der Waals surface area contributed by atoms with Gasteiger partial charge in [-0.25, -0.2) is 4.79 Å². The molecule has 3 rings (SSSR count). The van der Waals surface area contributed by atoms with E-state index >= 15 is 0 Å². The van der Waals surface area contributed by atoms with Gasteiger partial charge in [0.15, 0.2) is 0 Å². The molecule has 0 aromatic carbocycles. The van der Waals surface area contributed by atoms with Crippen molar-refractivity contribution in [2.24, 2.45) is 17.3 Å². The Morgan fingerprint density at radius 3 is 2.36 bits per heavy atom. The van der Waals surface area contributed by atoms with E-state index in [1.807, 2.05) is 27.7 Å². The third-order valence-electron chi connectivity index (χ3n) is 7.46. The first-order valence-electron chi connectivity index (χ1n) is 10.3. The maximum Gasteiger partial charge on any atom is 0.333 e. The van der Waals surface area contributed by atoms with Crippen molar-refractivity contribution >= 4 is 11.9 Å². The second kappa shape index (κ2) is 6.84. The lowest BCUT2D eigenvalue weighted by atomic mass is 9.66. The van der Waals surface area contributed by atoms with Gasteiger partial charge in [0, 0.05) is 30.3 Å². The van der Waals surface area contributed by atoms with E-state index in [-0.39, 0.29) is 29.9 Å². The van der Waals surface area contributed by atoms with Crippen LogP contribution in [0.4, 0.5) is 0 Å². The Balaban J connectivity index is 2.07. The van der Waals surface area contributed by atoms with Crippen molar-refractivity contribution in [2.75, 3.05) is 0 Å². The van der Waals surface area contributed by atoms with Gasteiger partial charge in [-0.05, 0) is 39.5 Å². The number of epoxide rings is 1. The molecule has 3 aliphatic rings. The predicted molar refractivity (Wildman–Crippen MR) is 103 cm³/mol. The van der Waals surface area contributed by atoms with Crippen molar-refractivity contribution < 1.29 is 28.9 Å². The van der Waals surface area contributed by atoms with Crippen molar-refractivity contribution in [2.45, 2.75) is 97.2 Å². The van der Waals surface area contributed by atoms with E-state index < -0.39 is 28.8 Å². The number of fused-ring (bicyclic) bond motifs is 2. The third-order valence-corrected chi connectivity index (χ3v) is 7.46. The molecule has 1 aliphatic heterocycles. The minimum absolute atomic E-state index is 0.0236. The van der Waals surface area contributed by atoms with Crippen LogP contribution >= 0.6 is 0 Å². The number of aliphatic hydroxyl groups is 1. The number of hydrogen-bond donors (Lipinski definition) is 1. The molecule has 1 heterocycles. The topological polar surface area (TPSA) is 85.4 Å². The Morgan fingerprint density at radius 1 is 1.18 bits per heavy atom. The maximum atomic E-state index is 12.6. The van der Waals surface area contributed by atoms with Crippen molar-refractivity contribution in [3.8, 4) is 0 Å². The summed E-state index contributed by atoms with van der Waals surface area (Å²) in [6, 6.07) is 0. The number of rotatable bonds is 4. The van der Waals surface area contributed by atoms with Gasteiger partial charge >= 0.3 is 11.9 Å². The number of esters is 2. The zero-order chi connectivity index (χ0) is 21.1. The van der Waals surface area contributed by atoms with E-state index in [1.165, 1.54) is 6.92 Å². The lowest BCUT2D eigenvalue weighted by molar-refractivity contribution is -0.181. The molecule has 1 unspecified atom stereocenters. The molecular weight excluding hydrogens is 360 g/mol. The molecule has 0 bridgehead atoms. The molecule has 2 saturated carbocycles. The van der Waals surface area contributed by atoms with Gasteiger partial charge in [0.1, 0.15) is 18.3 Å². The molecule has 158 valence electrons. The zero-order valence-corrected chi connectivity index (χ0v) is 18.1. The van der Waals surface area contributed by atoms with Crippen LogP contribution in [-0.4, -0.2) is 46.6 Å². The Kier molecular flexibility index (Phi) is 5.20. The molecule has 6 heteroatoms. The first kappa shape index (κ1) is 21.3. The van der Waals surface area contributed by atoms with Crippen LogP contribution in [0.1, 0.15) is 67.7 Å². The first-order chi connectivity index (χ1) is 12.9. The zero-order valence-electron chi connectivity index (χ0n) is 18.1. The molecule has 0 spiro atoms. The maximum absolute atomic E-state index is 12.6. The second-order valence-electron chi connectivity index (χ2n) is 9.63. The van der Waals surface area contributed by atoms with Gasteiger partial charge in [0.25, 0.3) is 0 Å². The van der Waals surface area contributed by atoms with Crippen LogP contribution < -0.4 is 0 Å². The lowest BCUT2D eigenvalue weighted by Crippen LogP contribution is -2.54. The summed E-state index contributed by atoms with van der Waals surface area (Å²) < 4.78 is 17.7. The fraction of sp³-hybridized carbons (Fsp3) is 0.818. The van der Waals surface area contributed by atoms with Crippen molar-refractivity contribution in [1.29, 1.82) is 0 Å². The average molecular weight is 395 g/mol. The van der Waals surface area contributed by atoms with Crippen LogP contribution in [0.25, 0.3) is 0 Å². The largest absolute Gasteiger partial charge is 0.459 e. The summed E-state index contributed by atoms with van der Waals surface area (Å²) in [7, 11) is 0. The predicted octanol–water partition coefficient (Wildman–Crippen LogP) is 3.16. The summed E-state index contributed by atoms with van der Waals surface area (Å²) in [5, 5.41) is 11.7. The van der Waals surface area contributed by atoms with E-state index in [2.05, 4.69) is 0 Å². The van der Waals surface area contributed by atoms with E-state index in [1.54, 1.807) is 19.9 Å². The van der Waals surface area contributed by atoms with E-state index in [9.17, 15) is 14.7 Å². The molecule has 1 N–H and O–H groups in total. The number of ether oxygens (including phenoxy) is 3. The average Bonchev–Trinajstić information content (AvgIpc) is 3.17. The monoisotopic (exact) mass is 394 g/mol. The summed E-state index contributed by atoms with van der Waals surface area (Å²) in [5.41, 5.74) is -1.54. The smallest absolute Gasteiger partial charge is 0.333 e. The Labute approximate surface area is 167 Å². The van der Waals surface area contributed by atoms with E-state index in [0.29, 0.717) is 24.8 Å². The van der Waals surface area contributed by atoms with Gasteiger partial charge in [0.05, 0.1) is 11.2 Å². The molecule has 0 amide bonds. The summed E-state index contributed by atoms with van der Waals surface area (Å²) in [4.78, 5) is 24.5. The molecule has 6 nitrogen and oxygen atoms in total. The van der Waals surface area contributed by atoms with Crippen LogP contribution in [0.2, 0.25) is 0 Å². The van der Waals surface area contributed by atoms with E-state index in [4.69, 9.17) is 14.2 Å². The highest BCUT2D eigenvalue weighted by Crippen LogP contribution is 2.64. The molecule has 1 saturated heterocycles. The molecule has 0 radical (unpaired) electrons. The van der Waals surface area contributed by atoms with Crippen LogP contribution in [-0.2, 0) is 23.8 Å². The minimum atomic E-state index is -1.00. The highest BCUT2D eigenvalue weighted by Gasteiger charge is 2.73. The molecule has 28 heavy (non-hydrogen) atoms.